The van der Waals surface area contributed by atoms with E-state index in [1.54, 1.807) is 6.92 Å². The van der Waals surface area contributed by atoms with Gasteiger partial charge in [0, 0.05) is 0 Å². The summed E-state index contributed by atoms with van der Waals surface area (Å²) in [5, 5.41) is 23.1. The van der Waals surface area contributed by atoms with Crippen molar-refractivity contribution in [3.8, 4) is 0 Å². The zero-order chi connectivity index (χ0) is 16.8. The number of nitrogens with zero attached hydrogens (tertiary/aromatic N) is 12. The summed E-state index contributed by atoms with van der Waals surface area (Å²) >= 11 is 0. The number of hydrogen-bond donors (Lipinski definition) is 3. The van der Waals surface area contributed by atoms with Crippen LogP contribution < -0.4 is 17.2 Å². The van der Waals surface area contributed by atoms with Crippen LogP contribution in [0, 0.1) is 6.92 Å². The van der Waals surface area contributed by atoms with Crippen LogP contribution in [0.15, 0.2) is 10.2 Å². The number of anilines is 3. The van der Waals surface area contributed by atoms with Gasteiger partial charge in [0.25, 0.3) is 23.5 Å². The standard InChI is InChI=1S/C9H9N15/c1-2-13-4(11)23-6(14-2)17-19-8(23)21-22-9-20-18-7-16-3(10)15-5(12)24(7)9/h1H3,(H2,11,13,14,17)(H4,10,12,15,16,18)/b22-21-. The summed E-state index contributed by atoms with van der Waals surface area (Å²) in [6.45, 7) is 1.68. The van der Waals surface area contributed by atoms with Crippen LogP contribution in [-0.4, -0.2) is 49.1 Å². The maximum absolute atomic E-state index is 5.83. The lowest BCUT2D eigenvalue weighted by Gasteiger charge is -1.99. The molecule has 0 atom stereocenters. The molecule has 0 spiro atoms. The molecule has 0 aromatic carbocycles. The van der Waals surface area contributed by atoms with E-state index in [9.17, 15) is 0 Å². The van der Waals surface area contributed by atoms with Crippen molar-refractivity contribution in [3.05, 3.63) is 5.82 Å². The van der Waals surface area contributed by atoms with Gasteiger partial charge in [-0.3, -0.25) is 0 Å². The molecule has 4 rings (SSSR count). The fourth-order valence-electron chi connectivity index (χ4n) is 1.99. The lowest BCUT2D eigenvalue weighted by molar-refractivity contribution is 0.948. The Bertz CT molecular complexity index is 1020. The molecule has 4 aromatic heterocycles. The normalized spacial score (nSPS) is 11.9. The van der Waals surface area contributed by atoms with Gasteiger partial charge in [0.2, 0.25) is 17.8 Å². The van der Waals surface area contributed by atoms with Crippen molar-refractivity contribution in [3.63, 3.8) is 0 Å². The van der Waals surface area contributed by atoms with E-state index >= 15 is 0 Å². The van der Waals surface area contributed by atoms with Crippen molar-refractivity contribution in [2.75, 3.05) is 17.2 Å². The fourth-order valence-corrected chi connectivity index (χ4v) is 1.99. The first kappa shape index (κ1) is 13.6. The second kappa shape index (κ2) is 4.73. The van der Waals surface area contributed by atoms with Crippen molar-refractivity contribution < 1.29 is 0 Å². The van der Waals surface area contributed by atoms with E-state index in [0.717, 1.165) is 0 Å². The Morgan fingerprint density at radius 1 is 0.708 bits per heavy atom. The van der Waals surface area contributed by atoms with Crippen LogP contribution in [0.4, 0.5) is 29.7 Å². The van der Waals surface area contributed by atoms with Crippen LogP contribution in [-0.2, 0) is 0 Å². The summed E-state index contributed by atoms with van der Waals surface area (Å²) in [5.74, 6) is 1.05. The highest BCUT2D eigenvalue weighted by molar-refractivity contribution is 5.47. The molecular weight excluding hydrogens is 318 g/mol. The number of aryl methyl sites for hydroxylation is 1. The van der Waals surface area contributed by atoms with Crippen molar-refractivity contribution in [2.45, 2.75) is 6.92 Å². The molecule has 0 aliphatic heterocycles. The summed E-state index contributed by atoms with van der Waals surface area (Å²) in [6.07, 6.45) is 0. The minimum Gasteiger partial charge on any atom is -0.369 e. The quantitative estimate of drug-likeness (QED) is 0.372. The topological polar surface area (TPSA) is 215 Å². The molecule has 24 heavy (non-hydrogen) atoms. The Labute approximate surface area is 131 Å². The van der Waals surface area contributed by atoms with Gasteiger partial charge in [-0.25, -0.2) is 8.80 Å². The number of hydrogen-bond acceptors (Lipinski definition) is 13. The largest absolute Gasteiger partial charge is 0.369 e. The van der Waals surface area contributed by atoms with E-state index in [4.69, 9.17) is 17.2 Å². The van der Waals surface area contributed by atoms with E-state index in [1.165, 1.54) is 8.80 Å². The van der Waals surface area contributed by atoms with E-state index in [1.807, 2.05) is 0 Å². The van der Waals surface area contributed by atoms with E-state index < -0.39 is 0 Å². The minimum atomic E-state index is -0.0281. The summed E-state index contributed by atoms with van der Waals surface area (Å²) < 4.78 is 2.60. The molecule has 0 unspecified atom stereocenters. The van der Waals surface area contributed by atoms with Gasteiger partial charge in [-0.2, -0.15) is 19.9 Å². The molecule has 6 N–H and O–H groups in total. The Kier molecular flexibility index (Phi) is 2.68. The maximum atomic E-state index is 5.83. The maximum Gasteiger partial charge on any atom is 0.278 e. The molecular formula is C9H9N15. The third kappa shape index (κ3) is 1.99. The first-order chi connectivity index (χ1) is 11.5. The average Bonchev–Trinajstić information content (AvgIpc) is 3.08. The Morgan fingerprint density at radius 3 is 1.88 bits per heavy atom. The van der Waals surface area contributed by atoms with Gasteiger partial charge in [-0.15, -0.1) is 30.6 Å². The first-order valence-electron chi connectivity index (χ1n) is 6.44. The second-order valence-electron chi connectivity index (χ2n) is 4.54. The van der Waals surface area contributed by atoms with Gasteiger partial charge in [0.05, 0.1) is 0 Å². The molecule has 15 heteroatoms. The Morgan fingerprint density at radius 2 is 1.25 bits per heavy atom. The van der Waals surface area contributed by atoms with Gasteiger partial charge in [0.1, 0.15) is 5.82 Å². The molecule has 0 amide bonds. The second-order valence-corrected chi connectivity index (χ2v) is 4.54. The molecule has 0 aliphatic rings. The van der Waals surface area contributed by atoms with Crippen molar-refractivity contribution in [1.82, 2.24) is 49.1 Å². The van der Waals surface area contributed by atoms with Crippen LogP contribution in [0.5, 0.6) is 0 Å². The molecule has 0 saturated heterocycles. The lowest BCUT2D eigenvalue weighted by Crippen LogP contribution is -2.06. The summed E-state index contributed by atoms with van der Waals surface area (Å²) in [7, 11) is 0. The zero-order valence-electron chi connectivity index (χ0n) is 12.1. The van der Waals surface area contributed by atoms with Gasteiger partial charge < -0.3 is 17.2 Å². The summed E-state index contributed by atoms with van der Waals surface area (Å²) in [5.41, 5.74) is 17.1. The van der Waals surface area contributed by atoms with Gasteiger partial charge in [0.15, 0.2) is 0 Å². The van der Waals surface area contributed by atoms with Crippen molar-refractivity contribution in [2.24, 2.45) is 10.2 Å². The Balaban J connectivity index is 1.82. The van der Waals surface area contributed by atoms with Crippen LogP contribution in [0.2, 0.25) is 0 Å². The summed E-state index contributed by atoms with van der Waals surface area (Å²) in [4.78, 5) is 15.8. The van der Waals surface area contributed by atoms with Gasteiger partial charge in [-0.1, -0.05) is 0 Å². The number of rotatable bonds is 2. The molecule has 4 aromatic rings. The molecule has 0 radical (unpaired) electrons. The number of azo groups is 1. The van der Waals surface area contributed by atoms with Gasteiger partial charge >= 0.3 is 0 Å². The highest BCUT2D eigenvalue weighted by Crippen LogP contribution is 2.19. The highest BCUT2D eigenvalue weighted by atomic mass is 15.4. The van der Waals surface area contributed by atoms with Crippen LogP contribution >= 0.6 is 0 Å². The predicted molar refractivity (Wildman–Crippen MR) is 79.3 cm³/mol. The first-order valence-corrected chi connectivity index (χ1v) is 6.44. The predicted octanol–water partition coefficient (Wildman–Crippen LogP) is -1.18. The fraction of sp³-hybridized carbons (Fsp3) is 0.111. The van der Waals surface area contributed by atoms with Crippen molar-refractivity contribution in [1.29, 1.82) is 0 Å². The number of nitrogens with two attached hydrogens (primary N) is 3. The molecule has 0 bridgehead atoms. The monoisotopic (exact) mass is 327 g/mol. The number of nitrogen functional groups attached to an aromatic ring is 3. The summed E-state index contributed by atoms with van der Waals surface area (Å²) in [6, 6.07) is 0. The molecule has 0 saturated carbocycles. The Hall–Kier alpha value is -4.04. The number of fused-ring (bicyclic) bond motifs is 2. The molecule has 0 fully saturated rings. The minimum absolute atomic E-state index is 0.0148. The third-order valence-electron chi connectivity index (χ3n) is 2.93. The zero-order valence-corrected chi connectivity index (χ0v) is 12.1. The SMILES string of the molecule is Cc1nc(N)n2c(/N=N\c3nnc4nc(N)nc(N)n34)nnc2n1. The van der Waals surface area contributed by atoms with E-state index in [2.05, 4.69) is 50.6 Å². The van der Waals surface area contributed by atoms with Gasteiger partial charge in [-0.05, 0) is 6.92 Å². The van der Waals surface area contributed by atoms with E-state index in [0.29, 0.717) is 5.82 Å². The lowest BCUT2D eigenvalue weighted by atomic mass is 10.7. The van der Waals surface area contributed by atoms with Crippen molar-refractivity contribution >= 4 is 41.3 Å². The van der Waals surface area contributed by atoms with Crippen LogP contribution in [0.1, 0.15) is 5.82 Å². The molecule has 0 aliphatic carbocycles. The highest BCUT2D eigenvalue weighted by Gasteiger charge is 2.13. The third-order valence-corrected chi connectivity index (χ3v) is 2.93. The van der Waals surface area contributed by atoms with Crippen LogP contribution in [0.25, 0.3) is 11.6 Å². The smallest absolute Gasteiger partial charge is 0.278 e. The molecule has 15 nitrogen and oxygen atoms in total. The van der Waals surface area contributed by atoms with E-state index in [-0.39, 0.29) is 41.3 Å². The molecule has 4 heterocycles. The average molecular weight is 327 g/mol. The number of aromatic nitrogens is 10. The van der Waals surface area contributed by atoms with Crippen LogP contribution in [0.3, 0.4) is 0 Å². The molecule has 120 valence electrons.